The van der Waals surface area contributed by atoms with Crippen molar-refractivity contribution in [2.24, 2.45) is 0 Å². The minimum Gasteiger partial charge on any atom is -0.378 e. The zero-order valence-electron chi connectivity index (χ0n) is 21.1. The Morgan fingerprint density at radius 3 is 2.54 bits per heavy atom. The molecule has 0 N–H and O–H groups in total. The van der Waals surface area contributed by atoms with Crippen molar-refractivity contribution >= 4 is 68.0 Å². The summed E-state index contributed by atoms with van der Waals surface area (Å²) in [5.74, 6) is -0.318. The number of ether oxygens (including phenoxy) is 1. The van der Waals surface area contributed by atoms with Gasteiger partial charge in [0.1, 0.15) is 5.69 Å². The Morgan fingerprint density at radius 1 is 1.19 bits per heavy atom. The molecule has 0 aliphatic carbocycles. The molecule has 0 radical (unpaired) electrons. The van der Waals surface area contributed by atoms with Crippen LogP contribution in [0, 0.1) is 17.0 Å². The largest absolute Gasteiger partial charge is 0.378 e. The number of halogens is 2. The highest BCUT2D eigenvalue weighted by Crippen LogP contribution is 2.35. The molecule has 37 heavy (non-hydrogen) atoms. The van der Waals surface area contributed by atoms with Gasteiger partial charge in [0, 0.05) is 42.8 Å². The molecular formula is C25H31Cl2N5O4S. The second-order valence-electron chi connectivity index (χ2n) is 8.56. The predicted molar refractivity (Wildman–Crippen MR) is 152 cm³/mol. The van der Waals surface area contributed by atoms with Crippen molar-refractivity contribution in [3.05, 3.63) is 56.6 Å². The van der Waals surface area contributed by atoms with E-state index < -0.39 is 4.92 Å². The minimum atomic E-state index is -0.426. The van der Waals surface area contributed by atoms with Crippen LogP contribution in [0.1, 0.15) is 29.8 Å². The quantitative estimate of drug-likeness (QED) is 0.252. The van der Waals surface area contributed by atoms with Gasteiger partial charge in [-0.3, -0.25) is 19.8 Å². The highest BCUT2D eigenvalue weighted by atomic mass is 35.5. The number of nitro groups is 1. The molecule has 3 aromatic rings. The number of nitro benzene ring substituents is 1. The summed E-state index contributed by atoms with van der Waals surface area (Å²) in [6.45, 7) is 11.0. The fourth-order valence-electron chi connectivity index (χ4n) is 4.30. The number of rotatable bonds is 9. The van der Waals surface area contributed by atoms with Crippen molar-refractivity contribution in [2.75, 3.05) is 62.3 Å². The molecule has 1 amide bonds. The van der Waals surface area contributed by atoms with E-state index in [2.05, 4.69) is 18.7 Å². The van der Waals surface area contributed by atoms with Crippen molar-refractivity contribution in [1.29, 1.82) is 0 Å². The Balaban J connectivity index is 0.00000380. The summed E-state index contributed by atoms with van der Waals surface area (Å²) in [6, 6.07) is 8.45. The van der Waals surface area contributed by atoms with E-state index in [0.717, 1.165) is 28.9 Å². The molecule has 0 atom stereocenters. The van der Waals surface area contributed by atoms with Crippen LogP contribution in [0.3, 0.4) is 0 Å². The fourth-order valence-corrected chi connectivity index (χ4v) is 5.50. The zero-order chi connectivity index (χ0) is 25.8. The molecule has 9 nitrogen and oxygen atoms in total. The Bertz CT molecular complexity index is 1260. The molecule has 200 valence electrons. The molecule has 12 heteroatoms. The van der Waals surface area contributed by atoms with Crippen LogP contribution < -0.4 is 9.80 Å². The minimum absolute atomic E-state index is 0. The Hall–Kier alpha value is -2.50. The number of aryl methyl sites for hydroxylation is 1. The van der Waals surface area contributed by atoms with Crippen molar-refractivity contribution in [2.45, 2.75) is 20.8 Å². The van der Waals surface area contributed by atoms with E-state index in [4.69, 9.17) is 21.3 Å². The van der Waals surface area contributed by atoms with Gasteiger partial charge in [0.05, 0.1) is 28.4 Å². The molecule has 4 rings (SSSR count). The lowest BCUT2D eigenvalue weighted by atomic mass is 10.1. The molecule has 2 heterocycles. The van der Waals surface area contributed by atoms with Gasteiger partial charge in [0.15, 0.2) is 5.13 Å². The normalized spacial score (nSPS) is 13.6. The van der Waals surface area contributed by atoms with Gasteiger partial charge in [-0.2, -0.15) is 0 Å². The number of benzene rings is 2. The first-order chi connectivity index (χ1) is 17.3. The highest BCUT2D eigenvalue weighted by Gasteiger charge is 2.27. The van der Waals surface area contributed by atoms with Crippen LogP contribution >= 0.6 is 35.3 Å². The number of morpholine rings is 1. The predicted octanol–water partition coefficient (Wildman–Crippen LogP) is 5.41. The highest BCUT2D eigenvalue weighted by molar-refractivity contribution is 7.22. The topological polar surface area (TPSA) is 92.0 Å². The van der Waals surface area contributed by atoms with Crippen LogP contribution in [0.4, 0.5) is 16.5 Å². The van der Waals surface area contributed by atoms with Gasteiger partial charge in [-0.25, -0.2) is 4.98 Å². The number of fused-ring (bicyclic) bond motifs is 1. The first-order valence-electron chi connectivity index (χ1n) is 12.0. The molecule has 1 aliphatic rings. The third-order valence-electron chi connectivity index (χ3n) is 6.52. The van der Waals surface area contributed by atoms with Gasteiger partial charge in [-0.1, -0.05) is 36.8 Å². The van der Waals surface area contributed by atoms with Crippen LogP contribution in [-0.4, -0.2) is 73.2 Å². The molecule has 1 saturated heterocycles. The number of anilines is 2. The number of hydrogen-bond donors (Lipinski definition) is 0. The van der Waals surface area contributed by atoms with Crippen molar-refractivity contribution in [1.82, 2.24) is 9.88 Å². The zero-order valence-corrected chi connectivity index (χ0v) is 23.5. The molecule has 0 unspecified atom stereocenters. The lowest BCUT2D eigenvalue weighted by molar-refractivity contribution is -0.384. The van der Waals surface area contributed by atoms with Gasteiger partial charge in [-0.15, -0.1) is 12.4 Å². The van der Waals surface area contributed by atoms with Crippen LogP contribution in [-0.2, 0) is 4.74 Å². The van der Waals surface area contributed by atoms with Crippen LogP contribution in [0.5, 0.6) is 0 Å². The van der Waals surface area contributed by atoms with Crippen molar-refractivity contribution in [3.63, 3.8) is 0 Å². The number of thiazole rings is 1. The summed E-state index contributed by atoms with van der Waals surface area (Å²) in [6.07, 6.45) is 0. The SMILES string of the molecule is CCN(CC)CCN(C(=O)c1ccc(N2CCOCC2)c([N+](=O)[O-])c1)c1nc2c(C)c(Cl)ccc2s1.Cl. The number of amides is 1. The van der Waals surface area contributed by atoms with Crippen LogP contribution in [0.15, 0.2) is 30.3 Å². The first-order valence-corrected chi connectivity index (χ1v) is 13.2. The van der Waals surface area contributed by atoms with E-state index in [1.165, 1.54) is 17.4 Å². The monoisotopic (exact) mass is 567 g/mol. The molecule has 1 aromatic heterocycles. The first kappa shape index (κ1) is 29.1. The second kappa shape index (κ2) is 12.8. The summed E-state index contributed by atoms with van der Waals surface area (Å²) in [5, 5.41) is 13.1. The molecule has 1 aliphatic heterocycles. The second-order valence-corrected chi connectivity index (χ2v) is 9.98. The van der Waals surface area contributed by atoms with Crippen LogP contribution in [0.25, 0.3) is 10.2 Å². The fraction of sp³-hybridized carbons (Fsp3) is 0.440. The standard InChI is InChI=1S/C25H30ClN5O4S.ClH/c1-4-28(5-2)10-11-30(25-27-23-17(3)19(26)7-9-22(23)36-25)24(32)18-6-8-20(21(16-18)31(33)34)29-12-14-35-15-13-29;/h6-9,16H,4-5,10-15H2,1-3H3;1H. The van der Waals surface area contributed by atoms with Crippen molar-refractivity contribution < 1.29 is 14.5 Å². The van der Waals surface area contributed by atoms with E-state index in [-0.39, 0.29) is 29.6 Å². The average Bonchev–Trinajstić information content (AvgIpc) is 3.33. The van der Waals surface area contributed by atoms with E-state index >= 15 is 0 Å². The van der Waals surface area contributed by atoms with E-state index in [1.807, 2.05) is 24.0 Å². The maximum atomic E-state index is 13.8. The van der Waals surface area contributed by atoms with Gasteiger partial charge in [-0.05, 0) is 49.8 Å². The maximum absolute atomic E-state index is 13.8. The summed E-state index contributed by atoms with van der Waals surface area (Å²) >= 11 is 7.72. The van der Waals surface area contributed by atoms with Gasteiger partial charge in [0.25, 0.3) is 11.6 Å². The molecule has 0 saturated carbocycles. The van der Waals surface area contributed by atoms with Gasteiger partial charge < -0.3 is 14.5 Å². The molecule has 0 bridgehead atoms. The Morgan fingerprint density at radius 2 is 1.89 bits per heavy atom. The Kier molecular flexibility index (Phi) is 10.1. The number of carbonyl (C=O) groups is 1. The smallest absolute Gasteiger partial charge is 0.293 e. The van der Waals surface area contributed by atoms with E-state index in [9.17, 15) is 14.9 Å². The van der Waals surface area contributed by atoms with E-state index in [0.29, 0.717) is 55.2 Å². The lowest BCUT2D eigenvalue weighted by Crippen LogP contribution is -2.39. The van der Waals surface area contributed by atoms with Gasteiger partial charge in [0.2, 0.25) is 0 Å². The van der Waals surface area contributed by atoms with Gasteiger partial charge >= 0.3 is 0 Å². The number of hydrogen-bond acceptors (Lipinski definition) is 8. The number of nitrogens with zero attached hydrogens (tertiary/aromatic N) is 5. The van der Waals surface area contributed by atoms with Crippen molar-refractivity contribution in [3.8, 4) is 0 Å². The average molecular weight is 569 g/mol. The van der Waals surface area contributed by atoms with Crippen LogP contribution in [0.2, 0.25) is 5.02 Å². The molecule has 0 spiro atoms. The third-order valence-corrected chi connectivity index (χ3v) is 7.97. The van der Waals surface area contributed by atoms with E-state index in [1.54, 1.807) is 17.0 Å². The number of carbonyl (C=O) groups excluding carboxylic acids is 1. The summed E-state index contributed by atoms with van der Waals surface area (Å²) in [7, 11) is 0. The molecular weight excluding hydrogens is 537 g/mol. The lowest BCUT2D eigenvalue weighted by Gasteiger charge is -2.29. The number of likely N-dealkylation sites (N-methyl/N-ethyl adjacent to an activating group) is 1. The maximum Gasteiger partial charge on any atom is 0.293 e. The third kappa shape index (κ3) is 6.32. The summed E-state index contributed by atoms with van der Waals surface area (Å²) in [5.41, 5.74) is 2.29. The molecule has 2 aromatic carbocycles. The Labute approximate surface area is 231 Å². The molecule has 1 fully saturated rings. The summed E-state index contributed by atoms with van der Waals surface area (Å²) < 4.78 is 6.31. The summed E-state index contributed by atoms with van der Waals surface area (Å²) in [4.78, 5) is 35.9. The number of aromatic nitrogens is 1.